The van der Waals surface area contributed by atoms with E-state index in [1.165, 1.54) is 50.4 Å². The molecule has 19 heteroatoms. The Morgan fingerprint density at radius 1 is 0.729 bits per heavy atom. The Balaban J connectivity index is 1.49. The standard InChI is InChI=1S/C29H36N16O3/c1-6-8-10-19-23(36-38-27-17(16(3)46)12-34-42(27)4)25(30)44(40-19)21-14-33-22(15-32-21)45-26(31)24(20(41-45)11-9-7-2)37-39-28-18(29(47)48)13-35-43(28)5/h12-15H,6-11,30-31H2,1-5H3,(H,47,48). The summed E-state index contributed by atoms with van der Waals surface area (Å²) < 4.78 is 5.60. The highest BCUT2D eigenvalue weighted by molar-refractivity contribution is 5.98. The van der Waals surface area contributed by atoms with Crippen LogP contribution in [-0.2, 0) is 26.9 Å². The van der Waals surface area contributed by atoms with E-state index in [0.29, 0.717) is 58.6 Å². The molecule has 5 aromatic rings. The summed E-state index contributed by atoms with van der Waals surface area (Å²) in [6.07, 6.45) is 10.2. The van der Waals surface area contributed by atoms with Crippen LogP contribution in [0.15, 0.2) is 45.2 Å². The molecule has 5 rings (SSSR count). The maximum absolute atomic E-state index is 12.0. The molecule has 5 aromatic heterocycles. The molecule has 5 N–H and O–H groups in total. The van der Waals surface area contributed by atoms with Gasteiger partial charge < -0.3 is 16.6 Å². The monoisotopic (exact) mass is 656 g/mol. The number of ketones is 1. The smallest absolute Gasteiger partial charge is 0.341 e. The maximum atomic E-state index is 12.0. The molecule has 0 aliphatic carbocycles. The van der Waals surface area contributed by atoms with Crippen molar-refractivity contribution < 1.29 is 14.7 Å². The second kappa shape index (κ2) is 14.1. The maximum Gasteiger partial charge on any atom is 0.341 e. The molecule has 5 heterocycles. The van der Waals surface area contributed by atoms with Gasteiger partial charge in [-0.15, -0.1) is 20.5 Å². The van der Waals surface area contributed by atoms with E-state index in [1.807, 2.05) is 6.92 Å². The summed E-state index contributed by atoms with van der Waals surface area (Å²) in [7, 11) is 3.24. The lowest BCUT2D eigenvalue weighted by atomic mass is 10.2. The van der Waals surface area contributed by atoms with Gasteiger partial charge in [-0.25, -0.2) is 24.1 Å². The number of hydrogen-bond acceptors (Lipinski definition) is 14. The van der Waals surface area contributed by atoms with Crippen LogP contribution in [0.25, 0.3) is 11.6 Å². The van der Waals surface area contributed by atoms with Crippen LogP contribution in [0.3, 0.4) is 0 Å². The molecule has 0 amide bonds. The third-order valence-corrected chi connectivity index (χ3v) is 7.44. The van der Waals surface area contributed by atoms with Crippen molar-refractivity contribution in [1.82, 2.24) is 49.1 Å². The zero-order valence-corrected chi connectivity index (χ0v) is 27.2. The molecule has 0 spiro atoms. The average Bonchev–Trinajstić information content (AvgIpc) is 3.80. The van der Waals surface area contributed by atoms with Gasteiger partial charge in [-0.05, 0) is 32.6 Å². The van der Waals surface area contributed by atoms with Gasteiger partial charge in [0.15, 0.2) is 52.1 Å². The summed E-state index contributed by atoms with van der Waals surface area (Å²) in [4.78, 5) is 32.7. The summed E-state index contributed by atoms with van der Waals surface area (Å²) in [6.45, 7) is 5.54. The first-order valence-corrected chi connectivity index (χ1v) is 15.2. The van der Waals surface area contributed by atoms with Crippen molar-refractivity contribution in [1.29, 1.82) is 0 Å². The van der Waals surface area contributed by atoms with Crippen molar-refractivity contribution in [3.8, 4) is 11.6 Å². The van der Waals surface area contributed by atoms with E-state index >= 15 is 0 Å². The molecule has 0 saturated heterocycles. The molecule has 0 aromatic carbocycles. The van der Waals surface area contributed by atoms with E-state index in [1.54, 1.807) is 14.1 Å². The van der Waals surface area contributed by atoms with Gasteiger partial charge in [0.1, 0.15) is 5.56 Å². The third-order valence-electron chi connectivity index (χ3n) is 7.44. The average molecular weight is 657 g/mol. The number of nitrogens with zero attached hydrogens (tertiary/aromatic N) is 14. The fraction of sp³-hybridized carbons (Fsp3) is 0.379. The highest BCUT2D eigenvalue weighted by atomic mass is 16.4. The zero-order valence-electron chi connectivity index (χ0n) is 27.2. The molecule has 0 radical (unpaired) electrons. The molecule has 19 nitrogen and oxygen atoms in total. The Bertz CT molecular complexity index is 1870. The van der Waals surface area contributed by atoms with Gasteiger partial charge in [0.05, 0.1) is 41.7 Å². The van der Waals surface area contributed by atoms with Crippen molar-refractivity contribution in [3.05, 3.63) is 47.3 Å². The summed E-state index contributed by atoms with van der Waals surface area (Å²) in [5.41, 5.74) is 15.1. The highest BCUT2D eigenvalue weighted by Crippen LogP contribution is 2.34. The van der Waals surface area contributed by atoms with E-state index in [-0.39, 0.29) is 28.8 Å². The summed E-state index contributed by atoms with van der Waals surface area (Å²) >= 11 is 0. The number of aryl methyl sites for hydroxylation is 4. The van der Waals surface area contributed by atoms with Crippen LogP contribution in [0.1, 0.15) is 78.6 Å². The van der Waals surface area contributed by atoms with Crippen molar-refractivity contribution >= 4 is 46.4 Å². The Labute approximate surface area is 274 Å². The van der Waals surface area contributed by atoms with E-state index < -0.39 is 5.97 Å². The predicted octanol–water partition coefficient (Wildman–Crippen LogP) is 4.90. The lowest BCUT2D eigenvalue weighted by Crippen LogP contribution is -2.09. The lowest BCUT2D eigenvalue weighted by Gasteiger charge is -2.05. The second-order valence-corrected chi connectivity index (χ2v) is 10.9. The van der Waals surface area contributed by atoms with Crippen LogP contribution >= 0.6 is 0 Å². The molecule has 0 bridgehead atoms. The molecule has 0 atom stereocenters. The molecule has 0 fully saturated rings. The van der Waals surface area contributed by atoms with Gasteiger partial charge in [-0.3, -0.25) is 4.79 Å². The Morgan fingerprint density at radius 3 is 1.56 bits per heavy atom. The quantitative estimate of drug-likeness (QED) is 0.107. The number of carbonyl (C=O) groups is 2. The number of nitrogen functional groups attached to an aromatic ring is 2. The first-order chi connectivity index (χ1) is 23.0. The number of rotatable bonds is 14. The van der Waals surface area contributed by atoms with Gasteiger partial charge in [-0.2, -0.15) is 29.8 Å². The van der Waals surface area contributed by atoms with Crippen LogP contribution in [0, 0.1) is 0 Å². The molecule has 250 valence electrons. The Hall–Kier alpha value is -6.14. The van der Waals surface area contributed by atoms with E-state index in [0.717, 1.165) is 25.7 Å². The predicted molar refractivity (Wildman–Crippen MR) is 174 cm³/mol. The number of aromatic nitrogens is 10. The Kier molecular flexibility index (Phi) is 9.76. The summed E-state index contributed by atoms with van der Waals surface area (Å²) in [6, 6.07) is 0. The number of carboxylic acid groups (broad SMARTS) is 1. The number of anilines is 2. The van der Waals surface area contributed by atoms with Crippen molar-refractivity contribution in [2.45, 2.75) is 59.3 Å². The number of aromatic carboxylic acids is 1. The number of unbranched alkanes of at least 4 members (excludes halogenated alkanes) is 2. The minimum Gasteiger partial charge on any atom is -0.477 e. The fourth-order valence-corrected chi connectivity index (χ4v) is 4.76. The molecule has 0 aliphatic heterocycles. The number of hydrogen-bond donors (Lipinski definition) is 3. The van der Waals surface area contributed by atoms with Crippen molar-refractivity contribution in [2.24, 2.45) is 34.6 Å². The van der Waals surface area contributed by atoms with Crippen LogP contribution in [0.5, 0.6) is 0 Å². The van der Waals surface area contributed by atoms with Gasteiger partial charge in [-0.1, -0.05) is 26.7 Å². The second-order valence-electron chi connectivity index (χ2n) is 10.9. The highest BCUT2D eigenvalue weighted by Gasteiger charge is 2.22. The molecule has 0 aliphatic rings. The number of nitrogens with two attached hydrogens (primary N) is 2. The lowest BCUT2D eigenvalue weighted by molar-refractivity contribution is 0.0697. The van der Waals surface area contributed by atoms with E-state index in [9.17, 15) is 14.7 Å². The SMILES string of the molecule is CCCCc1nn(-c2cnc(-n3nc(CCCC)c(N=Nc4c(C(=O)O)cnn4C)c3N)cn2)c(N)c1N=Nc1c(C(C)=O)cnn1C. The van der Waals surface area contributed by atoms with E-state index in [4.69, 9.17) is 11.5 Å². The molecular formula is C29H36N16O3. The molecule has 48 heavy (non-hydrogen) atoms. The minimum atomic E-state index is -1.18. The third kappa shape index (κ3) is 6.55. The van der Waals surface area contributed by atoms with Gasteiger partial charge in [0.25, 0.3) is 0 Å². The number of carbonyl (C=O) groups excluding carboxylic acids is 1. The topological polar surface area (TPSA) is 253 Å². The van der Waals surface area contributed by atoms with Crippen LogP contribution < -0.4 is 11.5 Å². The van der Waals surface area contributed by atoms with Gasteiger partial charge in [0, 0.05) is 14.1 Å². The fourth-order valence-electron chi connectivity index (χ4n) is 4.76. The number of Topliss-reactive ketones (excluding diaryl/α,β-unsaturated/α-hetero) is 1. The minimum absolute atomic E-state index is 0.0638. The number of azo groups is 2. The van der Waals surface area contributed by atoms with Gasteiger partial charge in [0.2, 0.25) is 0 Å². The normalized spacial score (nSPS) is 11.8. The van der Waals surface area contributed by atoms with Crippen molar-refractivity contribution in [3.63, 3.8) is 0 Å². The molecular weight excluding hydrogens is 620 g/mol. The first kappa shape index (κ1) is 33.2. The van der Waals surface area contributed by atoms with Crippen LogP contribution in [0.2, 0.25) is 0 Å². The molecule has 0 unspecified atom stereocenters. The molecule has 0 saturated carbocycles. The zero-order chi connectivity index (χ0) is 34.5. The van der Waals surface area contributed by atoms with Crippen LogP contribution in [-0.4, -0.2) is 65.9 Å². The van der Waals surface area contributed by atoms with Crippen molar-refractivity contribution in [2.75, 3.05) is 11.5 Å². The van der Waals surface area contributed by atoms with E-state index in [2.05, 4.69) is 57.7 Å². The largest absolute Gasteiger partial charge is 0.477 e. The first-order valence-electron chi connectivity index (χ1n) is 15.2. The Morgan fingerprint density at radius 2 is 1.17 bits per heavy atom. The summed E-state index contributed by atoms with van der Waals surface area (Å²) in [5, 5.41) is 44.0. The van der Waals surface area contributed by atoms with Gasteiger partial charge >= 0.3 is 5.97 Å². The summed E-state index contributed by atoms with van der Waals surface area (Å²) in [5.74, 6) is -0.0454. The van der Waals surface area contributed by atoms with Crippen LogP contribution in [0.4, 0.5) is 34.6 Å². The number of carboxylic acids is 1.